The van der Waals surface area contributed by atoms with Gasteiger partial charge in [0.1, 0.15) is 0 Å². The minimum absolute atomic E-state index is 0.248. The Morgan fingerprint density at radius 1 is 1.29 bits per heavy atom. The average molecular weight is 232 g/mol. The minimum atomic E-state index is 0.248. The van der Waals surface area contributed by atoms with Crippen molar-refractivity contribution in [1.82, 2.24) is 5.32 Å². The van der Waals surface area contributed by atoms with Gasteiger partial charge in [0.2, 0.25) is 5.91 Å². The quantitative estimate of drug-likeness (QED) is 0.864. The number of anilines is 1. The van der Waals surface area contributed by atoms with E-state index in [0.29, 0.717) is 12.5 Å². The predicted octanol–water partition coefficient (Wildman–Crippen LogP) is 2.31. The number of carbonyl (C=O) groups excluding carboxylic acids is 1. The Morgan fingerprint density at radius 3 is 2.53 bits per heavy atom. The summed E-state index contributed by atoms with van der Waals surface area (Å²) in [4.78, 5) is 13.5. The number of rotatable bonds is 4. The van der Waals surface area contributed by atoms with Gasteiger partial charge in [0.25, 0.3) is 0 Å². The Hall–Kier alpha value is -1.35. The van der Waals surface area contributed by atoms with Crippen LogP contribution in [0.25, 0.3) is 0 Å². The van der Waals surface area contributed by atoms with E-state index in [-0.39, 0.29) is 5.91 Å². The Balaban J connectivity index is 2.00. The van der Waals surface area contributed by atoms with Crippen molar-refractivity contribution in [2.45, 2.75) is 39.3 Å². The van der Waals surface area contributed by atoms with Gasteiger partial charge in [0.05, 0.1) is 0 Å². The molecule has 92 valence electrons. The molecule has 0 saturated carbocycles. The highest BCUT2D eigenvalue weighted by Crippen LogP contribution is 2.21. The van der Waals surface area contributed by atoms with Gasteiger partial charge in [-0.25, -0.2) is 0 Å². The molecule has 2 rings (SSSR count). The zero-order valence-corrected chi connectivity index (χ0v) is 10.6. The minimum Gasteiger partial charge on any atom is -0.312 e. The van der Waals surface area contributed by atoms with Crippen LogP contribution in [0.2, 0.25) is 0 Å². The van der Waals surface area contributed by atoms with Gasteiger partial charge >= 0.3 is 0 Å². The molecule has 0 unspecified atom stereocenters. The van der Waals surface area contributed by atoms with Crippen molar-refractivity contribution in [3.05, 3.63) is 29.8 Å². The van der Waals surface area contributed by atoms with E-state index in [0.717, 1.165) is 25.2 Å². The molecule has 1 heterocycles. The monoisotopic (exact) mass is 232 g/mol. The molecule has 1 aromatic rings. The molecule has 0 radical (unpaired) electrons. The fraction of sp³-hybridized carbons (Fsp3) is 0.500. The third kappa shape index (κ3) is 3.07. The fourth-order valence-electron chi connectivity index (χ4n) is 2.04. The van der Waals surface area contributed by atoms with Crippen LogP contribution in [0.4, 0.5) is 5.69 Å². The summed E-state index contributed by atoms with van der Waals surface area (Å²) in [5.74, 6) is 0.248. The Labute approximate surface area is 103 Å². The van der Waals surface area contributed by atoms with Crippen molar-refractivity contribution in [2.24, 2.45) is 0 Å². The Kier molecular flexibility index (Phi) is 3.79. The first-order chi connectivity index (χ1) is 8.16. The third-order valence-electron chi connectivity index (χ3n) is 3.04. The van der Waals surface area contributed by atoms with E-state index in [1.807, 2.05) is 17.0 Å². The topological polar surface area (TPSA) is 32.3 Å². The van der Waals surface area contributed by atoms with Gasteiger partial charge in [-0.15, -0.1) is 0 Å². The molecule has 1 amide bonds. The zero-order chi connectivity index (χ0) is 12.3. The number of nitrogens with one attached hydrogen (secondary N) is 1. The summed E-state index contributed by atoms with van der Waals surface area (Å²) >= 11 is 0. The summed E-state index contributed by atoms with van der Waals surface area (Å²) < 4.78 is 0. The lowest BCUT2D eigenvalue weighted by Gasteiger charge is -2.16. The van der Waals surface area contributed by atoms with Crippen LogP contribution in [0, 0.1) is 0 Å². The second-order valence-electron chi connectivity index (χ2n) is 4.85. The molecule has 3 heteroatoms. The van der Waals surface area contributed by atoms with E-state index in [2.05, 4.69) is 31.3 Å². The van der Waals surface area contributed by atoms with Crippen LogP contribution in [0.3, 0.4) is 0 Å². The average Bonchev–Trinajstić information content (AvgIpc) is 2.73. The summed E-state index contributed by atoms with van der Waals surface area (Å²) in [6.07, 6.45) is 1.67. The largest absolute Gasteiger partial charge is 0.312 e. The predicted molar refractivity (Wildman–Crippen MR) is 70.0 cm³/mol. The molecule has 1 aromatic carbocycles. The van der Waals surface area contributed by atoms with E-state index in [1.54, 1.807) is 0 Å². The van der Waals surface area contributed by atoms with Gasteiger partial charge in [0.15, 0.2) is 0 Å². The van der Waals surface area contributed by atoms with Crippen LogP contribution in [-0.2, 0) is 11.3 Å². The molecule has 0 aliphatic carbocycles. The highest BCUT2D eigenvalue weighted by atomic mass is 16.2. The van der Waals surface area contributed by atoms with Gasteiger partial charge in [0, 0.05) is 31.2 Å². The lowest BCUT2D eigenvalue weighted by molar-refractivity contribution is -0.117. The molecule has 3 nitrogen and oxygen atoms in total. The van der Waals surface area contributed by atoms with E-state index in [4.69, 9.17) is 0 Å². The number of nitrogens with zero attached hydrogens (tertiary/aromatic N) is 1. The highest BCUT2D eigenvalue weighted by Gasteiger charge is 2.21. The van der Waals surface area contributed by atoms with Crippen LogP contribution in [0.15, 0.2) is 24.3 Å². The first-order valence-electron chi connectivity index (χ1n) is 6.29. The summed E-state index contributed by atoms with van der Waals surface area (Å²) in [6.45, 7) is 6.02. The first-order valence-corrected chi connectivity index (χ1v) is 6.29. The first kappa shape index (κ1) is 12.1. The lowest BCUT2D eigenvalue weighted by atomic mass is 10.2. The van der Waals surface area contributed by atoms with Crippen molar-refractivity contribution in [2.75, 3.05) is 11.4 Å². The summed E-state index contributed by atoms with van der Waals surface area (Å²) in [5, 5.41) is 3.38. The van der Waals surface area contributed by atoms with Crippen LogP contribution in [0.5, 0.6) is 0 Å². The summed E-state index contributed by atoms with van der Waals surface area (Å²) in [6, 6.07) is 8.77. The number of carbonyl (C=O) groups is 1. The molecule has 1 aliphatic rings. The molecule has 0 spiro atoms. The van der Waals surface area contributed by atoms with Gasteiger partial charge in [-0.1, -0.05) is 26.0 Å². The Bertz CT molecular complexity index is 384. The van der Waals surface area contributed by atoms with Gasteiger partial charge < -0.3 is 10.2 Å². The number of hydrogen-bond donors (Lipinski definition) is 1. The maximum Gasteiger partial charge on any atom is 0.227 e. The molecule has 1 saturated heterocycles. The van der Waals surface area contributed by atoms with Crippen LogP contribution >= 0.6 is 0 Å². The van der Waals surface area contributed by atoms with Crippen molar-refractivity contribution in [3.63, 3.8) is 0 Å². The van der Waals surface area contributed by atoms with E-state index >= 15 is 0 Å². The van der Waals surface area contributed by atoms with E-state index < -0.39 is 0 Å². The maximum atomic E-state index is 11.6. The second kappa shape index (κ2) is 5.32. The normalized spacial score (nSPS) is 15.9. The molecular weight excluding hydrogens is 212 g/mol. The van der Waals surface area contributed by atoms with Crippen molar-refractivity contribution in [3.8, 4) is 0 Å². The fourth-order valence-corrected chi connectivity index (χ4v) is 2.04. The zero-order valence-electron chi connectivity index (χ0n) is 10.6. The summed E-state index contributed by atoms with van der Waals surface area (Å²) in [7, 11) is 0. The Morgan fingerprint density at radius 2 is 2.00 bits per heavy atom. The third-order valence-corrected chi connectivity index (χ3v) is 3.04. The number of amides is 1. The van der Waals surface area contributed by atoms with E-state index in [1.165, 1.54) is 5.56 Å². The molecule has 17 heavy (non-hydrogen) atoms. The molecule has 1 aliphatic heterocycles. The van der Waals surface area contributed by atoms with Gasteiger partial charge in [-0.2, -0.15) is 0 Å². The molecular formula is C14H20N2O. The highest BCUT2D eigenvalue weighted by molar-refractivity contribution is 5.95. The maximum absolute atomic E-state index is 11.6. The molecule has 0 aromatic heterocycles. The number of benzene rings is 1. The molecule has 0 atom stereocenters. The van der Waals surface area contributed by atoms with Crippen LogP contribution in [0.1, 0.15) is 32.3 Å². The SMILES string of the molecule is CC(C)NCc1ccc(N2CCCC2=O)cc1. The van der Waals surface area contributed by atoms with E-state index in [9.17, 15) is 4.79 Å². The van der Waals surface area contributed by atoms with Gasteiger partial charge in [-0.05, 0) is 24.1 Å². The summed E-state index contributed by atoms with van der Waals surface area (Å²) in [5.41, 5.74) is 2.29. The molecule has 1 N–H and O–H groups in total. The van der Waals surface area contributed by atoms with Crippen molar-refractivity contribution < 1.29 is 4.79 Å². The smallest absolute Gasteiger partial charge is 0.227 e. The number of hydrogen-bond acceptors (Lipinski definition) is 2. The van der Waals surface area contributed by atoms with Crippen molar-refractivity contribution >= 4 is 11.6 Å². The van der Waals surface area contributed by atoms with Gasteiger partial charge in [-0.3, -0.25) is 4.79 Å². The molecule has 1 fully saturated rings. The standard InChI is InChI=1S/C14H20N2O/c1-11(2)15-10-12-5-7-13(8-6-12)16-9-3-4-14(16)17/h5-8,11,15H,3-4,9-10H2,1-2H3. The molecule has 0 bridgehead atoms. The second-order valence-corrected chi connectivity index (χ2v) is 4.85. The van der Waals surface area contributed by atoms with Crippen molar-refractivity contribution in [1.29, 1.82) is 0 Å². The van der Waals surface area contributed by atoms with Crippen LogP contribution < -0.4 is 10.2 Å². The lowest BCUT2D eigenvalue weighted by Crippen LogP contribution is -2.24. The van der Waals surface area contributed by atoms with Crippen LogP contribution in [-0.4, -0.2) is 18.5 Å².